The van der Waals surface area contributed by atoms with E-state index in [2.05, 4.69) is 21.2 Å². The topological polar surface area (TPSA) is 32.3 Å². The summed E-state index contributed by atoms with van der Waals surface area (Å²) in [6, 6.07) is 8.04. The number of hydrogen-bond acceptors (Lipinski definition) is 2. The first-order valence-corrected chi connectivity index (χ1v) is 7.02. The van der Waals surface area contributed by atoms with E-state index in [1.807, 2.05) is 43.3 Å². The molecule has 0 aliphatic heterocycles. The molecule has 0 radical (unpaired) electrons. The van der Waals surface area contributed by atoms with E-state index in [0.717, 1.165) is 29.4 Å². The van der Waals surface area contributed by atoms with Crippen LogP contribution in [0, 0.1) is 5.41 Å². The second kappa shape index (κ2) is 5.41. The van der Waals surface area contributed by atoms with Gasteiger partial charge in [0.25, 0.3) is 0 Å². The Kier molecular flexibility index (Phi) is 4.07. The highest BCUT2D eigenvalue weighted by Crippen LogP contribution is 2.46. The molecule has 2 rings (SSSR count). The number of benzene rings is 1. The van der Waals surface area contributed by atoms with Gasteiger partial charge in [-0.25, -0.2) is 0 Å². The monoisotopic (exact) mass is 310 g/mol. The third-order valence-electron chi connectivity index (χ3n) is 3.53. The van der Waals surface area contributed by atoms with Crippen LogP contribution in [0.4, 0.5) is 0 Å². The predicted molar refractivity (Wildman–Crippen MR) is 76.2 cm³/mol. The summed E-state index contributed by atoms with van der Waals surface area (Å²) < 4.78 is 1.06. The van der Waals surface area contributed by atoms with Crippen LogP contribution in [0.2, 0.25) is 0 Å². The Bertz CT molecular complexity index is 443. The van der Waals surface area contributed by atoms with Gasteiger partial charge in [-0.3, -0.25) is 4.79 Å². The van der Waals surface area contributed by atoms with E-state index < -0.39 is 0 Å². The number of carbonyl (C=O) groups is 1. The Morgan fingerprint density at radius 3 is 2.67 bits per heavy atom. The van der Waals surface area contributed by atoms with Crippen LogP contribution in [0.3, 0.4) is 0 Å². The fourth-order valence-electron chi connectivity index (χ4n) is 2.31. The summed E-state index contributed by atoms with van der Waals surface area (Å²) in [7, 11) is 3.79. The first kappa shape index (κ1) is 13.6. The minimum absolute atomic E-state index is 0.134. The lowest BCUT2D eigenvalue weighted by atomic mass is 10.1. The standard InChI is InChI=1S/C14H19BrN2O/c1-16-10-14(7-8-14)13(18)17(2)9-11-5-3-4-6-12(11)15/h3-6,16H,7-10H2,1-2H3. The third kappa shape index (κ3) is 2.75. The summed E-state index contributed by atoms with van der Waals surface area (Å²) in [6.45, 7) is 1.44. The first-order chi connectivity index (χ1) is 8.59. The fourth-order valence-corrected chi connectivity index (χ4v) is 2.72. The number of rotatable bonds is 5. The molecule has 0 saturated heterocycles. The largest absolute Gasteiger partial charge is 0.341 e. The molecule has 4 heteroatoms. The molecule has 0 spiro atoms. The Balaban J connectivity index is 2.02. The van der Waals surface area contributed by atoms with E-state index >= 15 is 0 Å². The van der Waals surface area contributed by atoms with Gasteiger partial charge in [-0.1, -0.05) is 34.1 Å². The zero-order valence-corrected chi connectivity index (χ0v) is 12.5. The van der Waals surface area contributed by atoms with Crippen molar-refractivity contribution < 1.29 is 4.79 Å². The maximum atomic E-state index is 12.4. The summed E-state index contributed by atoms with van der Waals surface area (Å²) in [6.07, 6.45) is 2.01. The second-order valence-electron chi connectivity index (χ2n) is 5.06. The molecule has 3 nitrogen and oxygen atoms in total. The van der Waals surface area contributed by atoms with Crippen LogP contribution in [0.5, 0.6) is 0 Å². The average Bonchev–Trinajstić information content (AvgIpc) is 3.12. The molecule has 1 aromatic carbocycles. The fraction of sp³-hybridized carbons (Fsp3) is 0.500. The van der Waals surface area contributed by atoms with Gasteiger partial charge in [0.2, 0.25) is 5.91 Å². The van der Waals surface area contributed by atoms with Crippen molar-refractivity contribution in [1.29, 1.82) is 0 Å². The Hall–Kier alpha value is -0.870. The van der Waals surface area contributed by atoms with E-state index in [9.17, 15) is 4.79 Å². The molecule has 0 aromatic heterocycles. The van der Waals surface area contributed by atoms with Gasteiger partial charge >= 0.3 is 0 Å². The quantitative estimate of drug-likeness (QED) is 0.906. The lowest BCUT2D eigenvalue weighted by Crippen LogP contribution is -2.38. The van der Waals surface area contributed by atoms with Gasteiger partial charge in [-0.05, 0) is 31.5 Å². The third-order valence-corrected chi connectivity index (χ3v) is 4.31. The van der Waals surface area contributed by atoms with Crippen LogP contribution >= 0.6 is 15.9 Å². The van der Waals surface area contributed by atoms with E-state index in [0.29, 0.717) is 6.54 Å². The molecule has 1 aromatic rings. The number of nitrogens with one attached hydrogen (secondary N) is 1. The highest BCUT2D eigenvalue weighted by atomic mass is 79.9. The lowest BCUT2D eigenvalue weighted by molar-refractivity contribution is -0.136. The molecule has 18 heavy (non-hydrogen) atoms. The van der Waals surface area contributed by atoms with Crippen molar-refractivity contribution in [1.82, 2.24) is 10.2 Å². The molecule has 0 bridgehead atoms. The number of hydrogen-bond donors (Lipinski definition) is 1. The van der Waals surface area contributed by atoms with Crippen LogP contribution < -0.4 is 5.32 Å². The van der Waals surface area contributed by atoms with Crippen LogP contribution in [0.15, 0.2) is 28.7 Å². The van der Waals surface area contributed by atoms with Crippen molar-refractivity contribution in [2.45, 2.75) is 19.4 Å². The van der Waals surface area contributed by atoms with Crippen molar-refractivity contribution in [3.05, 3.63) is 34.3 Å². The summed E-state index contributed by atoms with van der Waals surface area (Å²) in [5, 5.41) is 3.12. The normalized spacial score (nSPS) is 16.4. The van der Waals surface area contributed by atoms with E-state index in [1.165, 1.54) is 0 Å². The molecule has 1 fully saturated rings. The zero-order valence-electron chi connectivity index (χ0n) is 10.9. The number of halogens is 1. The molecule has 1 N–H and O–H groups in total. The van der Waals surface area contributed by atoms with E-state index in [-0.39, 0.29) is 11.3 Å². The van der Waals surface area contributed by atoms with Crippen molar-refractivity contribution in [3.63, 3.8) is 0 Å². The molecule has 98 valence electrons. The number of carbonyl (C=O) groups excluding carboxylic acids is 1. The molecule has 0 unspecified atom stereocenters. The van der Waals surface area contributed by atoms with E-state index in [1.54, 1.807) is 0 Å². The summed E-state index contributed by atoms with van der Waals surface area (Å²) in [5.74, 6) is 0.257. The van der Waals surface area contributed by atoms with Gasteiger partial charge < -0.3 is 10.2 Å². The lowest BCUT2D eigenvalue weighted by Gasteiger charge is -2.24. The predicted octanol–water partition coefficient (Wildman–Crippen LogP) is 2.41. The average molecular weight is 311 g/mol. The Labute approximate surface area is 117 Å². The van der Waals surface area contributed by atoms with Crippen LogP contribution in [0.25, 0.3) is 0 Å². The van der Waals surface area contributed by atoms with Gasteiger partial charge in [0.05, 0.1) is 5.41 Å². The Morgan fingerprint density at radius 1 is 1.44 bits per heavy atom. The van der Waals surface area contributed by atoms with Gasteiger partial charge in [0, 0.05) is 24.6 Å². The van der Waals surface area contributed by atoms with Gasteiger partial charge in [-0.15, -0.1) is 0 Å². The summed E-state index contributed by atoms with van der Waals surface area (Å²) in [5.41, 5.74) is 1.01. The first-order valence-electron chi connectivity index (χ1n) is 6.23. The summed E-state index contributed by atoms with van der Waals surface area (Å²) in [4.78, 5) is 14.2. The molecule has 1 saturated carbocycles. The van der Waals surface area contributed by atoms with E-state index in [4.69, 9.17) is 0 Å². The van der Waals surface area contributed by atoms with Crippen LogP contribution in [-0.2, 0) is 11.3 Å². The molecule has 1 aliphatic carbocycles. The Morgan fingerprint density at radius 2 is 2.11 bits per heavy atom. The molecular weight excluding hydrogens is 292 g/mol. The molecule has 1 aliphatic rings. The maximum Gasteiger partial charge on any atom is 0.230 e. The summed E-state index contributed by atoms with van der Waals surface area (Å²) >= 11 is 3.52. The number of amides is 1. The molecule has 0 heterocycles. The van der Waals surface area contributed by atoms with Crippen molar-refractivity contribution in [2.24, 2.45) is 5.41 Å². The van der Waals surface area contributed by atoms with Gasteiger partial charge in [0.1, 0.15) is 0 Å². The molecular formula is C14H19BrN2O. The molecule has 1 amide bonds. The van der Waals surface area contributed by atoms with Gasteiger partial charge in [-0.2, -0.15) is 0 Å². The van der Waals surface area contributed by atoms with Gasteiger partial charge in [0.15, 0.2) is 0 Å². The molecule has 0 atom stereocenters. The highest BCUT2D eigenvalue weighted by Gasteiger charge is 2.50. The highest BCUT2D eigenvalue weighted by molar-refractivity contribution is 9.10. The minimum Gasteiger partial charge on any atom is -0.341 e. The number of nitrogens with zero attached hydrogens (tertiary/aromatic N) is 1. The SMILES string of the molecule is CNCC1(C(=O)N(C)Cc2ccccc2Br)CC1. The van der Waals surface area contributed by atoms with Crippen molar-refractivity contribution >= 4 is 21.8 Å². The van der Waals surface area contributed by atoms with Crippen molar-refractivity contribution in [2.75, 3.05) is 20.6 Å². The second-order valence-corrected chi connectivity index (χ2v) is 5.92. The zero-order chi connectivity index (χ0) is 13.2. The van der Waals surface area contributed by atoms with Crippen LogP contribution in [-0.4, -0.2) is 31.4 Å². The van der Waals surface area contributed by atoms with Crippen LogP contribution in [0.1, 0.15) is 18.4 Å². The minimum atomic E-state index is -0.134. The maximum absolute atomic E-state index is 12.4. The smallest absolute Gasteiger partial charge is 0.230 e. The van der Waals surface area contributed by atoms with Crippen molar-refractivity contribution in [3.8, 4) is 0 Å².